The third kappa shape index (κ3) is 3.72. The Bertz CT molecular complexity index is 395. The molecule has 0 aromatic carbocycles. The fourth-order valence-corrected chi connectivity index (χ4v) is 2.19. The molecule has 0 fully saturated rings. The lowest BCUT2D eigenvalue weighted by atomic mass is 9.85. The van der Waals surface area contributed by atoms with Gasteiger partial charge in [-0.2, -0.15) is 0 Å². The SMILES string of the molecule is CC(C)C(CNc1ccncc1C(=O)O)C(C)C. The summed E-state index contributed by atoms with van der Waals surface area (Å²) >= 11 is 0. The number of rotatable bonds is 6. The second kappa shape index (κ2) is 6.38. The third-order valence-corrected chi connectivity index (χ3v) is 3.29. The second-order valence-corrected chi connectivity index (χ2v) is 5.26. The number of carboxylic acids is 1. The number of hydrogen-bond acceptors (Lipinski definition) is 3. The lowest BCUT2D eigenvalue weighted by Crippen LogP contribution is -2.25. The van der Waals surface area contributed by atoms with Crippen molar-refractivity contribution in [3.8, 4) is 0 Å². The number of aromatic nitrogens is 1. The molecule has 1 heterocycles. The van der Waals surface area contributed by atoms with Gasteiger partial charge in [0.25, 0.3) is 0 Å². The van der Waals surface area contributed by atoms with Crippen LogP contribution in [0.25, 0.3) is 0 Å². The summed E-state index contributed by atoms with van der Waals surface area (Å²) in [6.45, 7) is 9.54. The van der Waals surface area contributed by atoms with E-state index in [0.717, 1.165) is 6.54 Å². The van der Waals surface area contributed by atoms with Crippen LogP contribution in [-0.2, 0) is 0 Å². The first-order valence-electron chi connectivity index (χ1n) is 6.34. The minimum absolute atomic E-state index is 0.226. The molecule has 4 heteroatoms. The molecule has 0 saturated carbocycles. The van der Waals surface area contributed by atoms with E-state index in [2.05, 4.69) is 38.0 Å². The largest absolute Gasteiger partial charge is 0.478 e. The van der Waals surface area contributed by atoms with Gasteiger partial charge in [-0.3, -0.25) is 4.98 Å². The Morgan fingerprint density at radius 1 is 1.33 bits per heavy atom. The van der Waals surface area contributed by atoms with Crippen molar-refractivity contribution in [2.45, 2.75) is 27.7 Å². The fourth-order valence-electron chi connectivity index (χ4n) is 2.19. The predicted molar refractivity (Wildman–Crippen MR) is 72.9 cm³/mol. The molecule has 0 saturated heterocycles. The highest BCUT2D eigenvalue weighted by atomic mass is 16.4. The van der Waals surface area contributed by atoms with Gasteiger partial charge in [-0.05, 0) is 23.8 Å². The van der Waals surface area contributed by atoms with Gasteiger partial charge in [0.15, 0.2) is 0 Å². The Morgan fingerprint density at radius 2 is 1.94 bits per heavy atom. The summed E-state index contributed by atoms with van der Waals surface area (Å²) in [5, 5.41) is 12.3. The summed E-state index contributed by atoms with van der Waals surface area (Å²) in [6.07, 6.45) is 2.99. The van der Waals surface area contributed by atoms with Gasteiger partial charge >= 0.3 is 5.97 Å². The smallest absolute Gasteiger partial charge is 0.339 e. The first kappa shape index (κ1) is 14.5. The number of nitrogens with one attached hydrogen (secondary N) is 1. The van der Waals surface area contributed by atoms with Crippen molar-refractivity contribution in [1.29, 1.82) is 0 Å². The van der Waals surface area contributed by atoms with Crippen LogP contribution in [0.4, 0.5) is 5.69 Å². The normalized spacial score (nSPS) is 11.3. The van der Waals surface area contributed by atoms with Crippen LogP contribution in [0.15, 0.2) is 18.5 Å². The quantitative estimate of drug-likeness (QED) is 0.814. The minimum atomic E-state index is -0.948. The molecule has 100 valence electrons. The topological polar surface area (TPSA) is 62.2 Å². The van der Waals surface area contributed by atoms with Gasteiger partial charge in [-0.1, -0.05) is 27.7 Å². The van der Waals surface area contributed by atoms with Crippen molar-refractivity contribution in [1.82, 2.24) is 4.98 Å². The maximum absolute atomic E-state index is 11.1. The van der Waals surface area contributed by atoms with E-state index in [4.69, 9.17) is 5.11 Å². The molecule has 4 nitrogen and oxygen atoms in total. The van der Waals surface area contributed by atoms with E-state index in [1.165, 1.54) is 6.20 Å². The maximum Gasteiger partial charge on any atom is 0.339 e. The van der Waals surface area contributed by atoms with Gasteiger partial charge in [-0.15, -0.1) is 0 Å². The highest BCUT2D eigenvalue weighted by Crippen LogP contribution is 2.22. The van der Waals surface area contributed by atoms with Gasteiger partial charge in [0.1, 0.15) is 5.56 Å². The van der Waals surface area contributed by atoms with Gasteiger partial charge in [0, 0.05) is 18.9 Å². The Balaban J connectivity index is 2.76. The number of pyridine rings is 1. The zero-order valence-electron chi connectivity index (χ0n) is 11.5. The van der Waals surface area contributed by atoms with E-state index in [1.54, 1.807) is 12.3 Å². The Labute approximate surface area is 108 Å². The van der Waals surface area contributed by atoms with Gasteiger partial charge < -0.3 is 10.4 Å². The summed E-state index contributed by atoms with van der Waals surface area (Å²) in [7, 11) is 0. The van der Waals surface area contributed by atoms with Gasteiger partial charge in [0.05, 0.1) is 5.69 Å². The van der Waals surface area contributed by atoms with Crippen LogP contribution in [0.3, 0.4) is 0 Å². The Kier molecular flexibility index (Phi) is 5.13. The van der Waals surface area contributed by atoms with Crippen molar-refractivity contribution in [3.63, 3.8) is 0 Å². The van der Waals surface area contributed by atoms with Crippen molar-refractivity contribution in [2.75, 3.05) is 11.9 Å². The molecule has 0 atom stereocenters. The highest BCUT2D eigenvalue weighted by molar-refractivity contribution is 5.93. The van der Waals surface area contributed by atoms with Crippen molar-refractivity contribution < 1.29 is 9.90 Å². The molecule has 0 aliphatic heterocycles. The zero-order chi connectivity index (χ0) is 13.7. The molecule has 0 radical (unpaired) electrons. The molecule has 0 amide bonds. The van der Waals surface area contributed by atoms with Crippen LogP contribution in [0.2, 0.25) is 0 Å². The number of aromatic carboxylic acids is 1. The summed E-state index contributed by atoms with van der Waals surface area (Å²) < 4.78 is 0. The van der Waals surface area contributed by atoms with E-state index in [-0.39, 0.29) is 5.56 Å². The fraction of sp³-hybridized carbons (Fsp3) is 0.571. The number of carboxylic acid groups (broad SMARTS) is 1. The highest BCUT2D eigenvalue weighted by Gasteiger charge is 2.18. The van der Waals surface area contributed by atoms with Crippen molar-refractivity contribution in [2.24, 2.45) is 17.8 Å². The monoisotopic (exact) mass is 250 g/mol. The Hall–Kier alpha value is -1.58. The molecular weight excluding hydrogens is 228 g/mol. The molecule has 0 spiro atoms. The van der Waals surface area contributed by atoms with Gasteiger partial charge in [-0.25, -0.2) is 4.79 Å². The summed E-state index contributed by atoms with van der Waals surface area (Å²) in [4.78, 5) is 14.9. The maximum atomic E-state index is 11.1. The molecule has 0 aliphatic carbocycles. The molecule has 1 rings (SSSR count). The van der Waals surface area contributed by atoms with Crippen molar-refractivity contribution in [3.05, 3.63) is 24.0 Å². The first-order valence-corrected chi connectivity index (χ1v) is 6.34. The molecule has 1 aromatic heterocycles. The average Bonchev–Trinajstić information content (AvgIpc) is 2.28. The second-order valence-electron chi connectivity index (χ2n) is 5.26. The number of carbonyl (C=O) groups is 1. The average molecular weight is 250 g/mol. The van der Waals surface area contributed by atoms with E-state index < -0.39 is 5.97 Å². The standard InChI is InChI=1S/C14H22N2O2/c1-9(2)11(10(3)4)8-16-13-5-6-15-7-12(13)14(17)18/h5-7,9-11H,8H2,1-4H3,(H,15,16)(H,17,18). The van der Waals surface area contributed by atoms with Crippen LogP contribution in [0, 0.1) is 17.8 Å². The van der Waals surface area contributed by atoms with E-state index >= 15 is 0 Å². The molecule has 0 aliphatic rings. The van der Waals surface area contributed by atoms with Crippen LogP contribution in [0.1, 0.15) is 38.1 Å². The molecule has 2 N–H and O–H groups in total. The number of anilines is 1. The van der Waals surface area contributed by atoms with Crippen molar-refractivity contribution >= 4 is 11.7 Å². The summed E-state index contributed by atoms with van der Waals surface area (Å²) in [5.74, 6) is 0.691. The summed E-state index contributed by atoms with van der Waals surface area (Å²) in [5.41, 5.74) is 0.868. The van der Waals surface area contributed by atoms with Crippen LogP contribution < -0.4 is 5.32 Å². The van der Waals surface area contributed by atoms with Crippen LogP contribution in [0.5, 0.6) is 0 Å². The third-order valence-electron chi connectivity index (χ3n) is 3.29. The molecule has 0 bridgehead atoms. The lowest BCUT2D eigenvalue weighted by Gasteiger charge is -2.25. The van der Waals surface area contributed by atoms with E-state index in [9.17, 15) is 4.79 Å². The van der Waals surface area contributed by atoms with E-state index in [1.807, 2.05) is 0 Å². The lowest BCUT2D eigenvalue weighted by molar-refractivity contribution is 0.0697. The van der Waals surface area contributed by atoms with E-state index in [0.29, 0.717) is 23.4 Å². The van der Waals surface area contributed by atoms with Gasteiger partial charge in [0.2, 0.25) is 0 Å². The number of nitrogens with zero attached hydrogens (tertiary/aromatic N) is 1. The van der Waals surface area contributed by atoms with Crippen LogP contribution >= 0.6 is 0 Å². The minimum Gasteiger partial charge on any atom is -0.478 e. The first-order chi connectivity index (χ1) is 8.43. The molecule has 1 aromatic rings. The van der Waals surface area contributed by atoms with Crippen LogP contribution in [-0.4, -0.2) is 22.6 Å². The molecule has 0 unspecified atom stereocenters. The zero-order valence-corrected chi connectivity index (χ0v) is 11.5. The predicted octanol–water partition coefficient (Wildman–Crippen LogP) is 3.12. The number of hydrogen-bond donors (Lipinski definition) is 2. The Morgan fingerprint density at radius 3 is 2.44 bits per heavy atom. The summed E-state index contributed by atoms with van der Waals surface area (Å²) in [6, 6.07) is 1.71. The molecule has 18 heavy (non-hydrogen) atoms. The molecular formula is C14H22N2O2.